The lowest BCUT2D eigenvalue weighted by molar-refractivity contribution is -0.179. The first kappa shape index (κ1) is 13.4. The van der Waals surface area contributed by atoms with E-state index in [0.717, 1.165) is 5.56 Å². The van der Waals surface area contributed by atoms with Crippen LogP contribution in [0.25, 0.3) is 22.1 Å². The van der Waals surface area contributed by atoms with Crippen LogP contribution in [0.1, 0.15) is 0 Å². The molecular weight excluding hydrogens is 272 g/mol. The predicted octanol–water partition coefficient (Wildman–Crippen LogP) is 2.11. The molecule has 3 aromatic rings. The van der Waals surface area contributed by atoms with Gasteiger partial charge in [-0.25, -0.2) is 0 Å². The van der Waals surface area contributed by atoms with E-state index in [4.69, 9.17) is 19.4 Å². The normalized spacial score (nSPS) is 11.0. The molecule has 5 nitrogen and oxygen atoms in total. The molecule has 5 heteroatoms. The molecule has 106 valence electrons. The lowest BCUT2D eigenvalue weighted by Crippen LogP contribution is -2.13. The second kappa shape index (κ2) is 5.40. The van der Waals surface area contributed by atoms with Crippen LogP contribution < -0.4 is 10.2 Å². The third kappa shape index (κ3) is 2.65. The highest BCUT2D eigenvalue weighted by atomic mass is 16.7. The van der Waals surface area contributed by atoms with E-state index in [1.54, 1.807) is 0 Å². The number of ether oxygens (including phenoxy) is 1. The van der Waals surface area contributed by atoms with Crippen molar-refractivity contribution in [3.63, 3.8) is 0 Å². The van der Waals surface area contributed by atoms with Gasteiger partial charge in [-0.05, 0) is 17.7 Å². The number of aliphatic hydroxyl groups excluding tert-OH is 1. The minimum atomic E-state index is -1.92. The number of hydrogen-bond donors (Lipinski definition) is 2. The van der Waals surface area contributed by atoms with Gasteiger partial charge in [-0.15, -0.1) is 0 Å². The van der Waals surface area contributed by atoms with Gasteiger partial charge in [0.25, 0.3) is 0 Å². The largest absolute Gasteiger partial charge is 0.463 e. The lowest BCUT2D eigenvalue weighted by atomic mass is 10.1. The molecule has 2 N–H and O–H groups in total. The van der Waals surface area contributed by atoms with Crippen LogP contribution in [0.4, 0.5) is 0 Å². The van der Waals surface area contributed by atoms with Gasteiger partial charge in [0.1, 0.15) is 17.6 Å². The fourth-order valence-corrected chi connectivity index (χ4v) is 2.12. The molecule has 0 aliphatic carbocycles. The molecule has 2 aromatic carbocycles. The second-order valence-electron chi connectivity index (χ2n) is 4.45. The quantitative estimate of drug-likeness (QED) is 0.720. The first-order chi connectivity index (χ1) is 10.1. The van der Waals surface area contributed by atoms with Gasteiger partial charge < -0.3 is 19.4 Å². The fourth-order valence-electron chi connectivity index (χ4n) is 2.12. The van der Waals surface area contributed by atoms with Gasteiger partial charge in [0, 0.05) is 6.07 Å². The summed E-state index contributed by atoms with van der Waals surface area (Å²) in [4.78, 5) is 12.5. The van der Waals surface area contributed by atoms with Crippen molar-refractivity contribution in [2.24, 2.45) is 0 Å². The Labute approximate surface area is 119 Å². The SMILES string of the molecule is O=c1c(-c2ccccc2)coc2cc(OC(O)O)ccc12. The molecule has 0 radical (unpaired) electrons. The molecular formula is C16H12O5. The Morgan fingerprint density at radius 3 is 2.52 bits per heavy atom. The zero-order valence-electron chi connectivity index (χ0n) is 10.9. The summed E-state index contributed by atoms with van der Waals surface area (Å²) in [7, 11) is 0. The lowest BCUT2D eigenvalue weighted by Gasteiger charge is -2.08. The Morgan fingerprint density at radius 2 is 1.81 bits per heavy atom. The number of rotatable bonds is 3. The van der Waals surface area contributed by atoms with Gasteiger partial charge in [-0.3, -0.25) is 4.79 Å². The van der Waals surface area contributed by atoms with Gasteiger partial charge in [-0.2, -0.15) is 0 Å². The molecule has 0 aliphatic rings. The number of hydrogen-bond acceptors (Lipinski definition) is 5. The van der Waals surface area contributed by atoms with Crippen molar-refractivity contribution in [2.45, 2.75) is 6.48 Å². The smallest absolute Gasteiger partial charge is 0.310 e. The number of aliphatic hydroxyl groups is 2. The summed E-state index contributed by atoms with van der Waals surface area (Å²) < 4.78 is 10.2. The molecule has 0 amide bonds. The van der Waals surface area contributed by atoms with E-state index in [0.29, 0.717) is 16.5 Å². The van der Waals surface area contributed by atoms with Gasteiger partial charge in [0.2, 0.25) is 0 Å². The van der Waals surface area contributed by atoms with Crippen molar-refractivity contribution in [2.75, 3.05) is 0 Å². The molecule has 1 heterocycles. The topological polar surface area (TPSA) is 79.9 Å². The molecule has 0 atom stereocenters. The van der Waals surface area contributed by atoms with Crippen LogP contribution in [-0.4, -0.2) is 16.7 Å². The van der Waals surface area contributed by atoms with Gasteiger partial charge >= 0.3 is 6.48 Å². The molecule has 0 aliphatic heterocycles. The summed E-state index contributed by atoms with van der Waals surface area (Å²) in [5.41, 5.74) is 1.41. The minimum Gasteiger partial charge on any atom is -0.463 e. The van der Waals surface area contributed by atoms with Gasteiger partial charge in [0.15, 0.2) is 5.43 Å². The highest BCUT2D eigenvalue weighted by Crippen LogP contribution is 2.23. The Hall–Kier alpha value is -2.63. The number of fused-ring (bicyclic) bond motifs is 1. The van der Waals surface area contributed by atoms with E-state index in [1.165, 1.54) is 24.5 Å². The molecule has 0 unspecified atom stereocenters. The summed E-state index contributed by atoms with van der Waals surface area (Å²) >= 11 is 0. The van der Waals surface area contributed by atoms with Crippen molar-refractivity contribution in [3.8, 4) is 16.9 Å². The summed E-state index contributed by atoms with van der Waals surface area (Å²) in [6.07, 6.45) is 1.39. The first-order valence-corrected chi connectivity index (χ1v) is 6.29. The van der Waals surface area contributed by atoms with E-state index in [9.17, 15) is 4.79 Å². The maximum absolute atomic E-state index is 12.5. The Bertz CT molecular complexity index is 821. The van der Waals surface area contributed by atoms with Crippen LogP contribution in [0.5, 0.6) is 5.75 Å². The highest BCUT2D eigenvalue weighted by Gasteiger charge is 2.10. The zero-order valence-corrected chi connectivity index (χ0v) is 10.9. The molecule has 0 spiro atoms. The van der Waals surface area contributed by atoms with Crippen molar-refractivity contribution in [3.05, 3.63) is 65.0 Å². The van der Waals surface area contributed by atoms with Gasteiger partial charge in [0.05, 0.1) is 10.9 Å². The molecule has 1 aromatic heterocycles. The summed E-state index contributed by atoms with van der Waals surface area (Å²) in [6.45, 7) is -1.92. The monoisotopic (exact) mass is 284 g/mol. The van der Waals surface area contributed by atoms with Crippen molar-refractivity contribution in [1.82, 2.24) is 0 Å². The molecule has 21 heavy (non-hydrogen) atoms. The average molecular weight is 284 g/mol. The van der Waals surface area contributed by atoms with Crippen molar-refractivity contribution in [1.29, 1.82) is 0 Å². The van der Waals surface area contributed by atoms with Crippen molar-refractivity contribution < 1.29 is 19.4 Å². The Morgan fingerprint density at radius 1 is 1.05 bits per heavy atom. The van der Waals surface area contributed by atoms with Crippen LogP contribution in [-0.2, 0) is 0 Å². The highest BCUT2D eigenvalue weighted by molar-refractivity contribution is 5.82. The molecule has 0 fully saturated rings. The molecule has 0 saturated heterocycles. The van der Waals surface area contributed by atoms with Crippen LogP contribution in [0.15, 0.2) is 64.0 Å². The van der Waals surface area contributed by atoms with E-state index < -0.39 is 6.48 Å². The average Bonchev–Trinajstić information content (AvgIpc) is 2.48. The van der Waals surface area contributed by atoms with Crippen molar-refractivity contribution >= 4 is 11.0 Å². The number of benzene rings is 2. The van der Waals surface area contributed by atoms with Crippen LogP contribution in [0.3, 0.4) is 0 Å². The molecule has 0 saturated carbocycles. The third-order valence-electron chi connectivity index (χ3n) is 3.07. The van der Waals surface area contributed by atoms with E-state index in [2.05, 4.69) is 0 Å². The molecule has 0 bridgehead atoms. The summed E-state index contributed by atoms with van der Waals surface area (Å²) in [5, 5.41) is 17.9. The first-order valence-electron chi connectivity index (χ1n) is 6.29. The fraction of sp³-hybridized carbons (Fsp3) is 0.0625. The Kier molecular flexibility index (Phi) is 3.43. The minimum absolute atomic E-state index is 0.154. The maximum Gasteiger partial charge on any atom is 0.310 e. The summed E-state index contributed by atoms with van der Waals surface area (Å²) in [5.74, 6) is 0.202. The predicted molar refractivity (Wildman–Crippen MR) is 76.8 cm³/mol. The standard InChI is InChI=1S/C16H12O5/c17-15-12-7-6-11(21-16(18)19)8-14(12)20-9-13(15)10-4-2-1-3-5-10/h1-9,16,18-19H. The second-order valence-corrected chi connectivity index (χ2v) is 4.45. The third-order valence-corrected chi connectivity index (χ3v) is 3.07. The van der Waals surface area contributed by atoms with Crippen LogP contribution in [0, 0.1) is 0 Å². The Balaban J connectivity index is 2.12. The van der Waals surface area contributed by atoms with E-state index in [1.807, 2.05) is 30.3 Å². The zero-order chi connectivity index (χ0) is 14.8. The molecule has 3 rings (SSSR count). The maximum atomic E-state index is 12.5. The summed E-state index contributed by atoms with van der Waals surface area (Å²) in [6, 6.07) is 13.7. The van der Waals surface area contributed by atoms with E-state index >= 15 is 0 Å². The van der Waals surface area contributed by atoms with E-state index in [-0.39, 0.29) is 11.2 Å². The van der Waals surface area contributed by atoms with Gasteiger partial charge in [-0.1, -0.05) is 30.3 Å². The van der Waals surface area contributed by atoms with Crippen LogP contribution in [0.2, 0.25) is 0 Å². The van der Waals surface area contributed by atoms with Crippen LogP contribution >= 0.6 is 0 Å².